The summed E-state index contributed by atoms with van der Waals surface area (Å²) in [5.74, 6) is -0.714. The summed E-state index contributed by atoms with van der Waals surface area (Å²) >= 11 is 0. The highest BCUT2D eigenvalue weighted by Crippen LogP contribution is 2.26. The molecule has 1 saturated heterocycles. The number of aliphatic hydroxyl groups is 5. The quantitative estimate of drug-likeness (QED) is 0.0173. The number of carbonyl (C=O) groups excluding carboxylic acids is 1. The molecule has 0 bridgehead atoms. The molecule has 1 amide bonds. The minimum Gasteiger partial charge on any atom is -0.394 e. The molecule has 0 radical (unpaired) electrons. The van der Waals surface area contributed by atoms with Gasteiger partial charge in [0, 0.05) is 0 Å². The summed E-state index contributed by atoms with van der Waals surface area (Å²) in [6, 6.07) is -1.14. The van der Waals surface area contributed by atoms with Gasteiger partial charge in [0.25, 0.3) is 0 Å². The second kappa shape index (κ2) is 40.4. The van der Waals surface area contributed by atoms with E-state index in [-0.39, 0.29) is 6.42 Å². The van der Waals surface area contributed by atoms with Crippen molar-refractivity contribution in [3.8, 4) is 0 Å². The van der Waals surface area contributed by atoms with E-state index in [1.807, 2.05) is 0 Å². The van der Waals surface area contributed by atoms with Crippen molar-refractivity contribution in [2.24, 2.45) is 0 Å². The first-order valence-corrected chi connectivity index (χ1v) is 26.8. The van der Waals surface area contributed by atoms with Crippen molar-refractivity contribution in [3.63, 3.8) is 0 Å². The van der Waals surface area contributed by atoms with Crippen LogP contribution in [0.1, 0.15) is 213 Å². The lowest BCUT2D eigenvalue weighted by molar-refractivity contribution is -0.298. The summed E-state index contributed by atoms with van der Waals surface area (Å²) in [5, 5.41) is 55.3. The normalized spacial score (nSPS) is 21.0. The summed E-state index contributed by atoms with van der Waals surface area (Å²) in [6.45, 7) is 3.20. The predicted octanol–water partition coefficient (Wildman–Crippen LogP) is 9.64. The summed E-state index contributed by atoms with van der Waals surface area (Å²) in [4.78, 5) is 13.1. The predicted molar refractivity (Wildman–Crippen MR) is 256 cm³/mol. The highest BCUT2D eigenvalue weighted by Gasteiger charge is 2.48. The molecule has 1 aliphatic rings. The molecule has 8 atom stereocenters. The number of ether oxygens (including phenoxy) is 2. The Morgan fingerprint density at radius 2 is 1.05 bits per heavy atom. The molecule has 8 unspecified atom stereocenters. The van der Waals surface area contributed by atoms with Crippen LogP contribution in [0.4, 0.5) is 0 Å². The number of unbranched alkanes of at least 4 members (excludes halogenated alkanes) is 26. The van der Waals surface area contributed by atoms with Crippen LogP contribution in [-0.4, -0.2) is 107 Å². The number of nitrogens with one attached hydrogen (secondary N) is 1. The van der Waals surface area contributed by atoms with Gasteiger partial charge in [0.05, 0.1) is 25.4 Å². The van der Waals surface area contributed by atoms with Crippen LogP contribution in [0, 0.1) is 0 Å². The largest absolute Gasteiger partial charge is 0.397 e. The van der Waals surface area contributed by atoms with Gasteiger partial charge in [-0.25, -0.2) is 4.18 Å². The van der Waals surface area contributed by atoms with Gasteiger partial charge in [-0.05, 0) is 44.9 Å². The van der Waals surface area contributed by atoms with Crippen molar-refractivity contribution in [1.29, 1.82) is 0 Å². The number of rotatable bonds is 43. The summed E-state index contributed by atoms with van der Waals surface area (Å²) in [5.41, 5.74) is 0. The van der Waals surface area contributed by atoms with Gasteiger partial charge in [-0.15, -0.1) is 0 Å². The number of hydrogen-bond donors (Lipinski definition) is 7. The van der Waals surface area contributed by atoms with Gasteiger partial charge >= 0.3 is 10.4 Å². The topological polar surface area (TPSA) is 212 Å². The summed E-state index contributed by atoms with van der Waals surface area (Å²) < 4.78 is 47.6. The molecule has 0 saturated carbocycles. The van der Waals surface area contributed by atoms with Gasteiger partial charge in [0.2, 0.25) is 5.91 Å². The third-order valence-corrected chi connectivity index (χ3v) is 12.5. The van der Waals surface area contributed by atoms with E-state index in [0.717, 1.165) is 44.9 Å². The highest BCUT2D eigenvalue weighted by atomic mass is 32.3. The molecule has 1 fully saturated rings. The maximum atomic E-state index is 13.1. The van der Waals surface area contributed by atoms with Crippen LogP contribution in [-0.2, 0) is 28.9 Å². The number of aliphatic hydroxyl groups excluding tert-OH is 5. The van der Waals surface area contributed by atoms with E-state index in [2.05, 4.69) is 47.7 Å². The average Bonchev–Trinajstić information content (AvgIpc) is 3.27. The molecule has 0 aromatic carbocycles. The van der Waals surface area contributed by atoms with Crippen molar-refractivity contribution < 1.29 is 57.0 Å². The maximum absolute atomic E-state index is 13.1. The van der Waals surface area contributed by atoms with E-state index >= 15 is 0 Å². The maximum Gasteiger partial charge on any atom is 0.397 e. The van der Waals surface area contributed by atoms with E-state index in [4.69, 9.17) is 9.47 Å². The van der Waals surface area contributed by atoms with E-state index in [9.17, 15) is 43.3 Å². The monoisotopic (exact) mass is 932 g/mol. The third kappa shape index (κ3) is 32.1. The Labute approximate surface area is 388 Å². The molecule has 1 rings (SSSR count). The van der Waals surface area contributed by atoms with Crippen LogP contribution in [0.15, 0.2) is 36.5 Å². The van der Waals surface area contributed by atoms with E-state index in [1.54, 1.807) is 6.08 Å². The molecule has 1 heterocycles. The van der Waals surface area contributed by atoms with E-state index in [0.29, 0.717) is 12.8 Å². The Morgan fingerprint density at radius 1 is 0.625 bits per heavy atom. The fraction of sp³-hybridized carbons (Fsp3) is 0.860. The van der Waals surface area contributed by atoms with Crippen molar-refractivity contribution in [1.82, 2.24) is 5.32 Å². The number of amides is 1. The van der Waals surface area contributed by atoms with Crippen LogP contribution in [0.25, 0.3) is 0 Å². The Morgan fingerprint density at radius 3 is 1.50 bits per heavy atom. The first-order chi connectivity index (χ1) is 30.9. The van der Waals surface area contributed by atoms with Gasteiger partial charge in [0.1, 0.15) is 30.5 Å². The zero-order chi connectivity index (χ0) is 47.1. The second-order valence-corrected chi connectivity index (χ2v) is 18.9. The standard InChI is InChI=1S/C50H93NO12S/c1-3-5-7-9-11-13-15-17-19-21-22-23-25-27-29-31-33-35-37-39-44(54)49(57)51-42(41-61-50-47(56)48(63-64(58,59)60)46(55)45(40-52)62-50)43(53)38-36-34-32-30-28-26-24-20-18-16-14-12-10-8-6-4-2/h18,20,28,30,36,38,42-48,50,52-56H,3-17,19,21-27,29,31-35,37,39-41H2,1-2H3,(H,51,57)(H,58,59,60)/b20-18+,30-28+,38-36+. The van der Waals surface area contributed by atoms with Crippen LogP contribution in [0.3, 0.4) is 0 Å². The molecular weight excluding hydrogens is 839 g/mol. The zero-order valence-corrected chi connectivity index (χ0v) is 40.8. The Hall–Kier alpha value is -1.72. The molecule has 7 N–H and O–H groups in total. The van der Waals surface area contributed by atoms with Gasteiger partial charge in [-0.3, -0.25) is 9.35 Å². The van der Waals surface area contributed by atoms with Crippen molar-refractivity contribution in [2.45, 2.75) is 262 Å². The summed E-state index contributed by atoms with van der Waals surface area (Å²) in [7, 11) is -5.12. The molecule has 13 nitrogen and oxygen atoms in total. The molecule has 376 valence electrons. The molecule has 14 heteroatoms. The van der Waals surface area contributed by atoms with Crippen molar-refractivity contribution >= 4 is 16.3 Å². The van der Waals surface area contributed by atoms with Crippen LogP contribution < -0.4 is 5.32 Å². The van der Waals surface area contributed by atoms with Crippen molar-refractivity contribution in [3.05, 3.63) is 36.5 Å². The van der Waals surface area contributed by atoms with Gasteiger partial charge in [-0.1, -0.05) is 204 Å². The first-order valence-electron chi connectivity index (χ1n) is 25.5. The SMILES string of the molecule is CCCCCCCC/C=C/CC/C=C/CC/C=C/C(O)C(COC1OC(CO)C(O)C(OS(=O)(=O)O)C1O)NC(=O)C(O)CCCCCCCCCCCCCCCCCCCCC. The lowest BCUT2D eigenvalue weighted by Crippen LogP contribution is -2.61. The Balaban J connectivity index is 2.54. The molecule has 0 aliphatic carbocycles. The molecular formula is C50H93NO12S. The summed E-state index contributed by atoms with van der Waals surface area (Å²) in [6.07, 6.45) is 36.5. The molecule has 1 aliphatic heterocycles. The lowest BCUT2D eigenvalue weighted by atomic mass is 9.99. The molecule has 0 aromatic rings. The average molecular weight is 932 g/mol. The minimum atomic E-state index is -5.12. The lowest BCUT2D eigenvalue weighted by Gasteiger charge is -2.41. The number of allylic oxidation sites excluding steroid dienone is 5. The van der Waals surface area contributed by atoms with Crippen molar-refractivity contribution in [2.75, 3.05) is 13.2 Å². The molecule has 0 spiro atoms. The Kier molecular flexibility index (Phi) is 38.0. The molecule has 0 aromatic heterocycles. The second-order valence-electron chi connectivity index (χ2n) is 17.9. The minimum absolute atomic E-state index is 0.237. The van der Waals surface area contributed by atoms with Gasteiger partial charge in [-0.2, -0.15) is 8.42 Å². The van der Waals surface area contributed by atoms with Crippen LogP contribution >= 0.6 is 0 Å². The molecule has 64 heavy (non-hydrogen) atoms. The number of hydrogen-bond acceptors (Lipinski definition) is 11. The highest BCUT2D eigenvalue weighted by molar-refractivity contribution is 7.80. The van der Waals surface area contributed by atoms with Gasteiger partial charge < -0.3 is 40.3 Å². The van der Waals surface area contributed by atoms with Crippen LogP contribution in [0.2, 0.25) is 0 Å². The smallest absolute Gasteiger partial charge is 0.394 e. The zero-order valence-electron chi connectivity index (χ0n) is 40.0. The Bertz CT molecular complexity index is 1300. The van der Waals surface area contributed by atoms with E-state index in [1.165, 1.54) is 141 Å². The van der Waals surface area contributed by atoms with E-state index < -0.39 is 78.5 Å². The van der Waals surface area contributed by atoms with Crippen LogP contribution in [0.5, 0.6) is 0 Å². The third-order valence-electron chi connectivity index (χ3n) is 12.0. The number of carbonyl (C=O) groups is 1. The first kappa shape index (κ1) is 60.3. The fourth-order valence-corrected chi connectivity index (χ4v) is 8.47. The van der Waals surface area contributed by atoms with Gasteiger partial charge in [0.15, 0.2) is 6.29 Å². The fourth-order valence-electron chi connectivity index (χ4n) is 7.96.